The molecule has 1 rings (SSSR count). The van der Waals surface area contributed by atoms with E-state index in [4.69, 9.17) is 4.74 Å². The molecule has 0 spiro atoms. The number of carbonyl (C=O) groups excluding carboxylic acids is 2. The minimum absolute atomic E-state index is 0.00958. The first-order chi connectivity index (χ1) is 8.65. The van der Waals surface area contributed by atoms with Gasteiger partial charge in [0.25, 0.3) is 0 Å². The van der Waals surface area contributed by atoms with Crippen LogP contribution in [0.4, 0.5) is 4.79 Å². The van der Waals surface area contributed by atoms with Crippen molar-refractivity contribution in [1.82, 2.24) is 5.32 Å². The van der Waals surface area contributed by atoms with Gasteiger partial charge in [0.05, 0.1) is 0 Å². The van der Waals surface area contributed by atoms with Crippen LogP contribution >= 0.6 is 23.5 Å². The Morgan fingerprint density at radius 2 is 2.06 bits per heavy atom. The third-order valence-corrected chi connectivity index (χ3v) is 5.48. The van der Waals surface area contributed by atoms with E-state index in [1.807, 2.05) is 0 Å². The first-order valence-corrected chi connectivity index (χ1v) is 8.46. The highest BCUT2D eigenvalue weighted by Crippen LogP contribution is 2.32. The average molecular weight is 291 g/mol. The number of carbonyl (C=O) groups is 2. The van der Waals surface area contributed by atoms with E-state index < -0.39 is 12.2 Å². The number of thioether (sulfide) groups is 2. The van der Waals surface area contributed by atoms with Gasteiger partial charge in [-0.3, -0.25) is 4.79 Å². The summed E-state index contributed by atoms with van der Waals surface area (Å²) in [4.78, 5) is 23.4. The zero-order chi connectivity index (χ0) is 13.4. The van der Waals surface area contributed by atoms with Crippen LogP contribution in [-0.2, 0) is 9.53 Å². The van der Waals surface area contributed by atoms with Crippen molar-refractivity contribution in [3.63, 3.8) is 0 Å². The normalized spacial score (nSPS) is 18.1. The van der Waals surface area contributed by atoms with E-state index in [0.717, 1.165) is 30.8 Å². The summed E-state index contributed by atoms with van der Waals surface area (Å²) in [6, 6.07) is 0. The number of unbranched alkanes of at least 4 members (excludes halogenated alkanes) is 1. The van der Waals surface area contributed by atoms with Gasteiger partial charge in [0, 0.05) is 6.54 Å². The van der Waals surface area contributed by atoms with Crippen LogP contribution in [0.1, 0.15) is 33.1 Å². The van der Waals surface area contributed by atoms with Crippen molar-refractivity contribution in [2.75, 3.05) is 18.1 Å². The Morgan fingerprint density at radius 3 is 2.67 bits per heavy atom. The van der Waals surface area contributed by atoms with Crippen LogP contribution in [-0.4, -0.2) is 40.6 Å². The summed E-state index contributed by atoms with van der Waals surface area (Å²) < 4.78 is 5.01. The van der Waals surface area contributed by atoms with Gasteiger partial charge in [0.2, 0.25) is 0 Å². The van der Waals surface area contributed by atoms with Crippen molar-refractivity contribution in [3.05, 3.63) is 0 Å². The van der Waals surface area contributed by atoms with Crippen LogP contribution in [0.2, 0.25) is 0 Å². The van der Waals surface area contributed by atoms with Crippen molar-refractivity contribution in [2.45, 2.75) is 43.8 Å². The predicted octanol–water partition coefficient (Wildman–Crippen LogP) is 2.67. The highest BCUT2D eigenvalue weighted by atomic mass is 32.2. The van der Waals surface area contributed by atoms with Crippen molar-refractivity contribution in [1.29, 1.82) is 0 Å². The van der Waals surface area contributed by atoms with Crippen molar-refractivity contribution in [2.24, 2.45) is 0 Å². The molecule has 4 nitrogen and oxygen atoms in total. The highest BCUT2D eigenvalue weighted by molar-refractivity contribution is 8.18. The van der Waals surface area contributed by atoms with E-state index in [9.17, 15) is 9.59 Å². The van der Waals surface area contributed by atoms with Crippen LogP contribution in [0.5, 0.6) is 0 Å². The summed E-state index contributed by atoms with van der Waals surface area (Å²) in [7, 11) is 0. The fourth-order valence-electron chi connectivity index (χ4n) is 1.47. The molecule has 0 bridgehead atoms. The van der Waals surface area contributed by atoms with Gasteiger partial charge in [0.15, 0.2) is 11.9 Å². The maximum absolute atomic E-state index is 12.0. The Kier molecular flexibility index (Phi) is 7.58. The highest BCUT2D eigenvalue weighted by Gasteiger charge is 2.28. The fraction of sp³-hybridized carbons (Fsp3) is 0.833. The Labute approximate surface area is 117 Å². The molecule has 1 heterocycles. The molecule has 1 unspecified atom stereocenters. The minimum Gasteiger partial charge on any atom is -0.438 e. The van der Waals surface area contributed by atoms with Crippen molar-refractivity contribution in [3.8, 4) is 0 Å². The molecule has 1 N–H and O–H groups in total. The number of alkyl carbamates (subject to hydrolysis) is 1. The number of nitrogens with one attached hydrogen (secondary N) is 1. The first-order valence-electron chi connectivity index (χ1n) is 6.36. The van der Waals surface area contributed by atoms with Gasteiger partial charge in [-0.1, -0.05) is 13.3 Å². The molecule has 1 amide bonds. The zero-order valence-electron chi connectivity index (χ0n) is 10.9. The summed E-state index contributed by atoms with van der Waals surface area (Å²) in [6.45, 7) is 4.30. The molecule has 1 aliphatic heterocycles. The van der Waals surface area contributed by atoms with Gasteiger partial charge < -0.3 is 10.1 Å². The molecule has 0 aromatic heterocycles. The lowest BCUT2D eigenvalue weighted by molar-refractivity contribution is -0.124. The average Bonchev–Trinajstić information content (AvgIpc) is 2.39. The maximum atomic E-state index is 12.0. The lowest BCUT2D eigenvalue weighted by Crippen LogP contribution is -2.36. The van der Waals surface area contributed by atoms with E-state index in [-0.39, 0.29) is 10.4 Å². The third-order valence-electron chi connectivity index (χ3n) is 2.54. The number of hydrogen-bond acceptors (Lipinski definition) is 5. The van der Waals surface area contributed by atoms with Crippen LogP contribution in [0.15, 0.2) is 0 Å². The number of ketones is 1. The maximum Gasteiger partial charge on any atom is 0.407 e. The number of hydrogen-bond donors (Lipinski definition) is 1. The second-order valence-corrected chi connectivity index (χ2v) is 6.88. The summed E-state index contributed by atoms with van der Waals surface area (Å²) in [5, 5.41) is 2.65. The Balaban J connectivity index is 2.27. The smallest absolute Gasteiger partial charge is 0.407 e. The molecule has 6 heteroatoms. The molecule has 0 aromatic carbocycles. The molecule has 0 aliphatic carbocycles. The number of amides is 1. The number of rotatable bonds is 6. The fourth-order valence-corrected chi connectivity index (χ4v) is 4.38. The van der Waals surface area contributed by atoms with E-state index >= 15 is 0 Å². The van der Waals surface area contributed by atoms with Crippen LogP contribution in [0.3, 0.4) is 0 Å². The lowest BCUT2D eigenvalue weighted by Gasteiger charge is -2.22. The SMILES string of the molecule is CCCCNC(=O)OC(C)C(=O)C1SCCCS1. The summed E-state index contributed by atoms with van der Waals surface area (Å²) in [6.07, 6.45) is 1.94. The number of Topliss-reactive ketones (excluding diaryl/α,β-unsaturated/α-hetero) is 1. The molecule has 1 atom stereocenters. The molecular formula is C12H21NO3S2. The zero-order valence-corrected chi connectivity index (χ0v) is 12.6. The predicted molar refractivity (Wildman–Crippen MR) is 77.2 cm³/mol. The Morgan fingerprint density at radius 1 is 1.39 bits per heavy atom. The first kappa shape index (κ1) is 15.7. The molecular weight excluding hydrogens is 270 g/mol. The van der Waals surface area contributed by atoms with E-state index in [1.54, 1.807) is 30.4 Å². The monoisotopic (exact) mass is 291 g/mol. The molecule has 104 valence electrons. The second-order valence-electron chi connectivity index (χ2n) is 4.16. The van der Waals surface area contributed by atoms with Crippen LogP contribution < -0.4 is 5.32 Å². The van der Waals surface area contributed by atoms with Crippen molar-refractivity contribution >= 4 is 35.4 Å². The Hall–Kier alpha value is -0.360. The van der Waals surface area contributed by atoms with Gasteiger partial charge in [0.1, 0.15) is 4.58 Å². The quantitative estimate of drug-likeness (QED) is 0.763. The summed E-state index contributed by atoms with van der Waals surface area (Å²) in [5.74, 6) is 2.04. The third kappa shape index (κ3) is 5.52. The molecule has 18 heavy (non-hydrogen) atoms. The van der Waals surface area contributed by atoms with Gasteiger partial charge in [-0.2, -0.15) is 0 Å². The largest absolute Gasteiger partial charge is 0.438 e. The summed E-state index contributed by atoms with van der Waals surface area (Å²) >= 11 is 3.30. The van der Waals surface area contributed by atoms with Gasteiger partial charge in [-0.25, -0.2) is 4.79 Å². The molecule has 0 aromatic rings. The Bertz CT molecular complexity index is 280. The van der Waals surface area contributed by atoms with E-state index in [1.165, 1.54) is 0 Å². The van der Waals surface area contributed by atoms with E-state index in [0.29, 0.717) is 6.54 Å². The van der Waals surface area contributed by atoms with Crippen LogP contribution in [0.25, 0.3) is 0 Å². The molecule has 1 saturated heterocycles. The standard InChI is InChI=1S/C12H21NO3S2/c1-3-4-6-13-12(15)16-9(2)10(14)11-17-7-5-8-18-11/h9,11H,3-8H2,1-2H3,(H,13,15). The molecule has 1 aliphatic rings. The topological polar surface area (TPSA) is 55.4 Å². The van der Waals surface area contributed by atoms with Gasteiger partial charge >= 0.3 is 6.09 Å². The van der Waals surface area contributed by atoms with Crippen molar-refractivity contribution < 1.29 is 14.3 Å². The molecule has 1 fully saturated rings. The van der Waals surface area contributed by atoms with Gasteiger partial charge in [-0.15, -0.1) is 23.5 Å². The minimum atomic E-state index is -0.658. The summed E-state index contributed by atoms with van der Waals surface area (Å²) in [5.41, 5.74) is 0. The molecule has 0 saturated carbocycles. The lowest BCUT2D eigenvalue weighted by atomic mass is 10.3. The van der Waals surface area contributed by atoms with Gasteiger partial charge in [-0.05, 0) is 31.3 Å². The molecule has 0 radical (unpaired) electrons. The van der Waals surface area contributed by atoms with E-state index in [2.05, 4.69) is 12.2 Å². The second kappa shape index (κ2) is 8.69. The van der Waals surface area contributed by atoms with Crippen LogP contribution in [0, 0.1) is 0 Å². The number of ether oxygens (including phenoxy) is 1.